The fourth-order valence-corrected chi connectivity index (χ4v) is 3.90. The maximum atomic E-state index is 9.92. The Bertz CT molecular complexity index is 210. The van der Waals surface area contributed by atoms with E-state index in [9.17, 15) is 18.6 Å². The molecular weight excluding hydrogens is 289 g/mol. The van der Waals surface area contributed by atoms with E-state index in [1.54, 1.807) is 0 Å². The smallest absolute Gasteiger partial charge is 1.00 e. The zero-order chi connectivity index (χ0) is 14.1. The summed E-state index contributed by atoms with van der Waals surface area (Å²) in [5, 5.41) is 1.14. The predicted octanol–water partition coefficient (Wildman–Crippen LogP) is 5.63. The molecule has 0 atom stereocenters. The van der Waals surface area contributed by atoms with Gasteiger partial charge in [-0.25, -0.2) is 0 Å². The van der Waals surface area contributed by atoms with Crippen LogP contribution < -0.4 is 0 Å². The number of hydrogen-bond acceptors (Lipinski definition) is 0. The first kappa shape index (κ1) is 19.1. The summed E-state index contributed by atoms with van der Waals surface area (Å²) in [6.45, 7) is 14.0. The molecule has 0 bridgehead atoms. The van der Waals surface area contributed by atoms with Gasteiger partial charge in [-0.15, -0.1) is 0 Å². The normalized spacial score (nSPS) is 18.0. The molecule has 0 N–H and O–H groups in total. The van der Waals surface area contributed by atoms with Crippen LogP contribution in [0.25, 0.3) is 0 Å². The molecule has 0 aromatic carbocycles. The van der Waals surface area contributed by atoms with Crippen LogP contribution in [-0.2, 0) is 17.2 Å². The summed E-state index contributed by atoms with van der Waals surface area (Å²) in [6.07, 6.45) is 0. The standard InChI is InChI=1S/C8H19P.6FH.Ti/c1-7(2,3)9-8(4,5)6;;;;;;;/h9H,1-6H3;6*1H;/q;;;;;;;+4/p-4. The van der Waals surface area contributed by atoms with E-state index >= 15 is 0 Å². The number of hydrogen-bond donors (Lipinski definition) is 0. The zero-order valence-electron chi connectivity index (χ0n) is 11.3. The van der Waals surface area contributed by atoms with Gasteiger partial charge in [-0.1, -0.05) is 0 Å². The monoisotopic (exact) mass is 310 g/mol. The van der Waals surface area contributed by atoms with Crippen molar-refractivity contribution in [2.75, 3.05) is 0 Å². The molecule has 0 nitrogen and oxygen atoms in total. The average Bonchev–Trinajstić information content (AvgIpc) is 1.36. The third-order valence-electron chi connectivity index (χ3n) is 0.866. The summed E-state index contributed by atoms with van der Waals surface area (Å²) in [6, 6.07) is 0. The largest absolute Gasteiger partial charge is 1.00 e. The molecule has 0 aliphatic carbocycles. The van der Waals surface area contributed by atoms with Crippen molar-refractivity contribution in [2.24, 2.45) is 0 Å². The Balaban J connectivity index is -0.000000224. The van der Waals surface area contributed by atoms with Crippen molar-refractivity contribution < 1.29 is 37.2 Å². The Hall–Kier alpha value is 0.724. The van der Waals surface area contributed by atoms with Crippen LogP contribution in [0.1, 0.15) is 43.0 Å². The van der Waals surface area contributed by atoms with Gasteiger partial charge in [0.2, 0.25) is 0 Å². The molecule has 16 heavy (non-hydrogen) atoms. The van der Waals surface area contributed by atoms with Crippen LogP contribution in [0.4, 0.5) is 18.6 Å². The third kappa shape index (κ3) is 61.3. The van der Waals surface area contributed by atoms with Gasteiger partial charge in [-0.3, -0.25) is 0 Å². The maximum Gasteiger partial charge on any atom is 1.00 e. The second-order valence-corrected chi connectivity index (χ2v) is 13.0. The summed E-state index contributed by atoms with van der Waals surface area (Å²) >= 11 is -11.2. The van der Waals surface area contributed by atoms with Gasteiger partial charge in [0.15, 0.2) is 0 Å². The van der Waals surface area contributed by atoms with Crippen LogP contribution >= 0.6 is 8.58 Å². The van der Waals surface area contributed by atoms with Gasteiger partial charge in [-0.05, 0) is 50.1 Å². The molecule has 0 aliphatic heterocycles. The van der Waals surface area contributed by atoms with Crippen LogP contribution in [-0.4, -0.2) is 10.3 Å². The van der Waals surface area contributed by atoms with Gasteiger partial charge < -0.3 is 0 Å². The first-order valence-corrected chi connectivity index (χ1v) is 9.41. The minimum Gasteiger partial charge on any atom is 1.00 e. The Kier molecular flexibility index (Phi) is 4.93. The molecule has 0 aliphatic rings. The summed E-state index contributed by atoms with van der Waals surface area (Å²) in [7, 11) is 0.569. The van der Waals surface area contributed by atoms with Crippen molar-refractivity contribution in [3.8, 4) is 0 Å². The fraction of sp³-hybridized carbons (Fsp3) is 1.00. The molecule has 0 unspecified atom stereocenters. The van der Waals surface area contributed by atoms with Gasteiger partial charge in [0.25, 0.3) is 0 Å². The van der Waals surface area contributed by atoms with E-state index in [0.29, 0.717) is 18.9 Å². The SMILES string of the molecule is CC(C)(C)[PH2+]C(C)(C)C.[F][Ti-2]([F])([F])([F])([F])[F].[H+]. The summed E-state index contributed by atoms with van der Waals surface area (Å²) in [5.41, 5.74) is 0. The number of rotatable bonds is 0. The first-order chi connectivity index (χ1) is 6.16. The Labute approximate surface area is 97.9 Å². The molecule has 0 heterocycles. The quantitative estimate of drug-likeness (QED) is 0.309. The maximum absolute atomic E-state index is 11.2. The molecule has 0 fully saturated rings. The molecule has 0 spiro atoms. The summed E-state index contributed by atoms with van der Waals surface area (Å²) in [5.74, 6) is 0. The van der Waals surface area contributed by atoms with Crippen LogP contribution in [0.3, 0.4) is 0 Å². The van der Waals surface area contributed by atoms with E-state index in [4.69, 9.17) is 0 Å². The van der Waals surface area contributed by atoms with Gasteiger partial charge in [0, 0.05) is 0 Å². The van der Waals surface area contributed by atoms with Crippen LogP contribution in [0.15, 0.2) is 0 Å². The molecule has 0 aromatic rings. The molecule has 0 saturated heterocycles. The Morgan fingerprint density at radius 1 is 0.688 bits per heavy atom. The van der Waals surface area contributed by atoms with Crippen molar-refractivity contribution in [3.05, 3.63) is 0 Å². The van der Waals surface area contributed by atoms with Crippen molar-refractivity contribution >= 4 is 8.58 Å². The second-order valence-electron chi connectivity index (χ2n) is 5.95. The zero-order valence-corrected chi connectivity index (χ0v) is 13.1. The van der Waals surface area contributed by atoms with E-state index in [1.165, 1.54) is 0 Å². The topological polar surface area (TPSA) is 0 Å². The molecule has 104 valence electrons. The van der Waals surface area contributed by atoms with Crippen molar-refractivity contribution in [3.63, 3.8) is 0 Å². The fourth-order valence-electron chi connectivity index (χ4n) is 1.30. The number of halogens is 6. The van der Waals surface area contributed by atoms with Crippen molar-refractivity contribution in [1.82, 2.24) is 0 Å². The second kappa shape index (κ2) is 4.13. The Morgan fingerprint density at radius 2 is 0.812 bits per heavy atom. The molecule has 0 rings (SSSR count). The molecule has 0 radical (unpaired) electrons. The van der Waals surface area contributed by atoms with Gasteiger partial charge >= 0.3 is 37.2 Å². The summed E-state index contributed by atoms with van der Waals surface area (Å²) in [4.78, 5) is 0. The average molecular weight is 310 g/mol. The van der Waals surface area contributed by atoms with Gasteiger partial charge in [-0.2, -0.15) is 0 Å². The van der Waals surface area contributed by atoms with Crippen LogP contribution in [0.2, 0.25) is 0 Å². The van der Waals surface area contributed by atoms with Gasteiger partial charge in [0.1, 0.15) is 0 Å². The van der Waals surface area contributed by atoms with Crippen molar-refractivity contribution in [2.45, 2.75) is 51.9 Å². The third-order valence-corrected chi connectivity index (χ3v) is 2.60. The van der Waals surface area contributed by atoms with Gasteiger partial charge in [0.05, 0.1) is 10.3 Å². The van der Waals surface area contributed by atoms with E-state index in [2.05, 4.69) is 41.5 Å². The Morgan fingerprint density at radius 3 is 0.812 bits per heavy atom. The minimum absolute atomic E-state index is 0. The predicted molar refractivity (Wildman–Crippen MR) is 57.0 cm³/mol. The summed E-state index contributed by atoms with van der Waals surface area (Å²) < 4.78 is 59.5. The molecule has 8 heteroatoms. The van der Waals surface area contributed by atoms with E-state index in [1.807, 2.05) is 0 Å². The molecular formula is C8H21F6PTi. The van der Waals surface area contributed by atoms with Crippen molar-refractivity contribution in [1.29, 1.82) is 0 Å². The minimum atomic E-state index is -11.2. The van der Waals surface area contributed by atoms with Crippen LogP contribution in [0.5, 0.6) is 0 Å². The van der Waals surface area contributed by atoms with E-state index < -0.39 is 17.2 Å². The van der Waals surface area contributed by atoms with E-state index in [-0.39, 0.29) is 1.43 Å². The first-order valence-electron chi connectivity index (χ1n) is 4.71. The molecule has 0 saturated carbocycles. The van der Waals surface area contributed by atoms with E-state index in [0.717, 1.165) is 0 Å². The molecule has 0 aromatic heterocycles. The molecule has 0 amide bonds. The van der Waals surface area contributed by atoms with Crippen LogP contribution in [0, 0.1) is 0 Å².